The Bertz CT molecular complexity index is 828. The second-order valence-electron chi connectivity index (χ2n) is 4.93. The van der Waals surface area contributed by atoms with Crippen LogP contribution in [0.15, 0.2) is 24.3 Å². The van der Waals surface area contributed by atoms with Crippen molar-refractivity contribution in [1.29, 1.82) is 0 Å². The lowest BCUT2D eigenvalue weighted by Gasteiger charge is -2.19. The van der Waals surface area contributed by atoms with E-state index in [1.54, 1.807) is 6.92 Å². The average Bonchev–Trinajstić information content (AvgIpc) is 2.49. The Balaban J connectivity index is 2.93. The summed E-state index contributed by atoms with van der Waals surface area (Å²) in [5.74, 6) is 0.0114. The quantitative estimate of drug-likeness (QED) is 0.344. The Morgan fingerprint density at radius 2 is 1.33 bits per heavy atom. The molecule has 156 valence electrons. The highest BCUT2D eigenvalue weighted by atomic mass is 32.2. The monoisotopic (exact) mass is 446 g/mol. The summed E-state index contributed by atoms with van der Waals surface area (Å²) in [5, 5.41) is 0. The summed E-state index contributed by atoms with van der Waals surface area (Å²) >= 11 is 0. The maximum absolute atomic E-state index is 12.4. The molecule has 1 aromatic rings. The van der Waals surface area contributed by atoms with Crippen LogP contribution < -0.4 is 4.74 Å². The van der Waals surface area contributed by atoms with Crippen molar-refractivity contribution in [2.45, 2.75) is 24.0 Å². The van der Waals surface area contributed by atoms with Gasteiger partial charge in [-0.05, 0) is 19.1 Å². The van der Waals surface area contributed by atoms with Crippen LogP contribution in [0.5, 0.6) is 5.75 Å². The Labute approximate surface area is 150 Å². The normalized spacial score (nSPS) is 14.8. The number of aryl methyl sites for hydroxylation is 1. The van der Waals surface area contributed by atoms with Gasteiger partial charge in [0, 0.05) is 0 Å². The van der Waals surface area contributed by atoms with E-state index in [0.717, 1.165) is 5.56 Å². The molecule has 0 aromatic heterocycles. The SMILES string of the molecule is Cc1ccc(OCC(COS(=O)(=O)C(F)(F)F)OS(=O)(=O)C(F)(F)F)cc1. The first-order chi connectivity index (χ1) is 12.1. The molecule has 0 amide bonds. The smallest absolute Gasteiger partial charge is 0.491 e. The minimum absolute atomic E-state index is 0.0114. The van der Waals surface area contributed by atoms with E-state index in [2.05, 4.69) is 8.37 Å². The van der Waals surface area contributed by atoms with E-state index < -0.39 is 50.6 Å². The van der Waals surface area contributed by atoms with E-state index in [9.17, 15) is 43.2 Å². The van der Waals surface area contributed by atoms with Gasteiger partial charge in [0.2, 0.25) is 0 Å². The summed E-state index contributed by atoms with van der Waals surface area (Å²) in [5.41, 5.74) is -11.0. The Kier molecular flexibility index (Phi) is 7.12. The van der Waals surface area contributed by atoms with Gasteiger partial charge in [-0.1, -0.05) is 17.7 Å². The van der Waals surface area contributed by atoms with Crippen molar-refractivity contribution < 1.29 is 56.3 Å². The number of alkyl halides is 6. The van der Waals surface area contributed by atoms with Crippen LogP contribution in [0, 0.1) is 6.92 Å². The Hall–Kier alpha value is -1.58. The zero-order valence-electron chi connectivity index (χ0n) is 13.2. The molecule has 1 aromatic carbocycles. The summed E-state index contributed by atoms with van der Waals surface area (Å²) < 4.78 is 130. The lowest BCUT2D eigenvalue weighted by Crippen LogP contribution is -2.37. The van der Waals surface area contributed by atoms with Crippen LogP contribution in [0.2, 0.25) is 0 Å². The summed E-state index contributed by atoms with van der Waals surface area (Å²) in [6.07, 6.45) is -2.34. The molecular formula is C12H12F6O7S2. The lowest BCUT2D eigenvalue weighted by molar-refractivity contribution is -0.0650. The molecule has 1 rings (SSSR count). The molecule has 0 fully saturated rings. The van der Waals surface area contributed by atoms with E-state index in [-0.39, 0.29) is 5.75 Å². The van der Waals surface area contributed by atoms with Crippen molar-refractivity contribution in [2.75, 3.05) is 13.2 Å². The number of rotatable bonds is 8. The molecule has 0 heterocycles. The highest BCUT2D eigenvalue weighted by molar-refractivity contribution is 7.88. The zero-order chi connectivity index (χ0) is 21.1. The standard InChI is InChI=1S/C12H12F6O7S2/c1-8-2-4-9(5-3-8)23-6-10(25-27(21,22)12(16,17)18)7-24-26(19,20)11(13,14)15/h2-5,10H,6-7H2,1H3. The number of hydrogen-bond donors (Lipinski definition) is 0. The first kappa shape index (κ1) is 23.5. The van der Waals surface area contributed by atoms with E-state index >= 15 is 0 Å². The molecule has 27 heavy (non-hydrogen) atoms. The van der Waals surface area contributed by atoms with Crippen LogP contribution in [0.3, 0.4) is 0 Å². The van der Waals surface area contributed by atoms with Gasteiger partial charge in [-0.15, -0.1) is 0 Å². The lowest BCUT2D eigenvalue weighted by atomic mass is 10.2. The number of hydrogen-bond acceptors (Lipinski definition) is 7. The van der Waals surface area contributed by atoms with Gasteiger partial charge >= 0.3 is 31.3 Å². The Morgan fingerprint density at radius 3 is 1.78 bits per heavy atom. The molecule has 0 saturated heterocycles. The zero-order valence-corrected chi connectivity index (χ0v) is 14.9. The number of ether oxygens (including phenoxy) is 1. The molecular weight excluding hydrogens is 434 g/mol. The molecule has 1 unspecified atom stereocenters. The van der Waals surface area contributed by atoms with Gasteiger partial charge in [-0.25, -0.2) is 0 Å². The van der Waals surface area contributed by atoms with Crippen molar-refractivity contribution in [3.8, 4) is 5.75 Å². The first-order valence-electron chi connectivity index (χ1n) is 6.70. The summed E-state index contributed by atoms with van der Waals surface area (Å²) in [6.45, 7) is -1.05. The molecule has 1 atom stereocenters. The van der Waals surface area contributed by atoms with E-state index in [4.69, 9.17) is 4.74 Å². The summed E-state index contributed by atoms with van der Waals surface area (Å²) in [4.78, 5) is 0. The minimum atomic E-state index is -6.25. The van der Waals surface area contributed by atoms with Gasteiger partial charge < -0.3 is 4.74 Å². The number of benzene rings is 1. The topological polar surface area (TPSA) is 96.0 Å². The van der Waals surface area contributed by atoms with E-state index in [1.807, 2.05) is 0 Å². The largest absolute Gasteiger partial charge is 0.523 e. The maximum Gasteiger partial charge on any atom is 0.523 e. The summed E-state index contributed by atoms with van der Waals surface area (Å²) in [6, 6.07) is 5.69. The second-order valence-corrected chi connectivity index (χ2v) is 8.10. The second kappa shape index (κ2) is 8.20. The predicted molar refractivity (Wildman–Crippen MR) is 77.4 cm³/mol. The maximum atomic E-state index is 12.4. The molecule has 15 heteroatoms. The molecule has 0 bridgehead atoms. The number of halogens is 6. The van der Waals surface area contributed by atoms with Crippen molar-refractivity contribution in [1.82, 2.24) is 0 Å². The van der Waals surface area contributed by atoms with Gasteiger partial charge in [-0.3, -0.25) is 8.37 Å². The van der Waals surface area contributed by atoms with Crippen molar-refractivity contribution in [3.63, 3.8) is 0 Å². The third kappa shape index (κ3) is 6.82. The van der Waals surface area contributed by atoms with Crippen LogP contribution in [-0.4, -0.2) is 47.2 Å². The predicted octanol–water partition coefficient (Wildman–Crippen LogP) is 2.47. The first-order valence-corrected chi connectivity index (χ1v) is 9.51. The van der Waals surface area contributed by atoms with Crippen LogP contribution in [0.4, 0.5) is 26.3 Å². The van der Waals surface area contributed by atoms with E-state index in [0.29, 0.717) is 0 Å². The van der Waals surface area contributed by atoms with Crippen LogP contribution in [0.25, 0.3) is 0 Å². The fourth-order valence-electron chi connectivity index (χ4n) is 1.39. The van der Waals surface area contributed by atoms with Gasteiger partial charge in [0.25, 0.3) is 0 Å². The fourth-order valence-corrected chi connectivity index (χ4v) is 2.44. The molecule has 0 radical (unpaired) electrons. The van der Waals surface area contributed by atoms with Gasteiger partial charge in [-0.2, -0.15) is 43.2 Å². The van der Waals surface area contributed by atoms with Gasteiger partial charge in [0.1, 0.15) is 18.5 Å². The van der Waals surface area contributed by atoms with Crippen LogP contribution in [0.1, 0.15) is 5.56 Å². The Morgan fingerprint density at radius 1 is 0.852 bits per heavy atom. The summed E-state index contributed by atoms with van der Waals surface area (Å²) in [7, 11) is -12.4. The molecule has 0 aliphatic carbocycles. The van der Waals surface area contributed by atoms with Crippen molar-refractivity contribution in [2.24, 2.45) is 0 Å². The third-order valence-electron chi connectivity index (χ3n) is 2.70. The van der Waals surface area contributed by atoms with Crippen molar-refractivity contribution >= 4 is 20.2 Å². The van der Waals surface area contributed by atoms with E-state index in [1.165, 1.54) is 24.3 Å². The minimum Gasteiger partial charge on any atom is -0.491 e. The van der Waals surface area contributed by atoms with Crippen LogP contribution in [-0.2, 0) is 28.6 Å². The molecule has 0 saturated carbocycles. The van der Waals surface area contributed by atoms with Crippen molar-refractivity contribution in [3.05, 3.63) is 29.8 Å². The molecule has 0 aliphatic rings. The highest BCUT2D eigenvalue weighted by Crippen LogP contribution is 2.28. The highest BCUT2D eigenvalue weighted by Gasteiger charge is 2.50. The molecule has 0 spiro atoms. The molecule has 0 N–H and O–H groups in total. The average molecular weight is 446 g/mol. The molecule has 7 nitrogen and oxygen atoms in total. The fraction of sp³-hybridized carbons (Fsp3) is 0.500. The van der Waals surface area contributed by atoms with Gasteiger partial charge in [0.15, 0.2) is 0 Å². The molecule has 0 aliphatic heterocycles. The third-order valence-corrected chi connectivity index (χ3v) is 4.80. The van der Waals surface area contributed by atoms with Gasteiger partial charge in [0.05, 0.1) is 6.61 Å². The van der Waals surface area contributed by atoms with Crippen LogP contribution >= 0.6 is 0 Å².